The number of carbonyl (C=O) groups is 1. The Balaban J connectivity index is 2.96. The Bertz CT molecular complexity index is 523. The van der Waals surface area contributed by atoms with Gasteiger partial charge in [-0.15, -0.1) is 11.3 Å². The first-order valence-electron chi connectivity index (χ1n) is 4.98. The highest BCUT2D eigenvalue weighted by Crippen LogP contribution is 2.34. The number of rotatable bonds is 6. The Hall–Kier alpha value is -0.150. The quantitative estimate of drug-likeness (QED) is 0.799. The highest BCUT2D eigenvalue weighted by molar-refractivity contribution is 9.11. The maximum Gasteiger partial charge on any atom is 0.321 e. The molecule has 0 aromatic carbocycles. The van der Waals surface area contributed by atoms with Gasteiger partial charge < -0.3 is 5.11 Å². The largest absolute Gasteiger partial charge is 0.480 e. The number of aliphatic carboxylic acids is 1. The van der Waals surface area contributed by atoms with Crippen molar-refractivity contribution in [2.45, 2.75) is 30.0 Å². The smallest absolute Gasteiger partial charge is 0.321 e. The summed E-state index contributed by atoms with van der Waals surface area (Å²) in [6.45, 7) is 1.78. The number of halogens is 2. The van der Waals surface area contributed by atoms with E-state index >= 15 is 0 Å². The van der Waals surface area contributed by atoms with E-state index in [0.717, 1.165) is 11.3 Å². The molecule has 0 fully saturated rings. The lowest BCUT2D eigenvalue weighted by Crippen LogP contribution is -2.40. The first-order chi connectivity index (χ1) is 8.27. The highest BCUT2D eigenvalue weighted by Gasteiger charge is 2.26. The Morgan fingerprint density at radius 3 is 2.67 bits per heavy atom. The summed E-state index contributed by atoms with van der Waals surface area (Å²) in [6.07, 6.45) is 0.795. The fourth-order valence-corrected chi connectivity index (χ4v) is 4.86. The molecule has 9 heteroatoms. The molecule has 0 aliphatic carbocycles. The molecule has 0 saturated heterocycles. The van der Waals surface area contributed by atoms with Crippen molar-refractivity contribution in [2.24, 2.45) is 0 Å². The molecule has 1 aromatic heterocycles. The molecule has 0 spiro atoms. The number of carboxylic acid groups (broad SMARTS) is 1. The molecule has 1 heterocycles. The van der Waals surface area contributed by atoms with Gasteiger partial charge in [-0.25, -0.2) is 8.42 Å². The van der Waals surface area contributed by atoms with Crippen LogP contribution in [0.25, 0.3) is 0 Å². The van der Waals surface area contributed by atoms with Crippen molar-refractivity contribution in [1.29, 1.82) is 0 Å². The van der Waals surface area contributed by atoms with Crippen molar-refractivity contribution < 1.29 is 18.3 Å². The lowest BCUT2D eigenvalue weighted by Gasteiger charge is -2.12. The summed E-state index contributed by atoms with van der Waals surface area (Å²) in [5, 5.41) is 9.20. The van der Waals surface area contributed by atoms with E-state index in [-0.39, 0.29) is 15.7 Å². The van der Waals surface area contributed by atoms with E-state index in [0.29, 0.717) is 10.2 Å². The number of thiophene rings is 1. The molecule has 0 unspecified atom stereocenters. The van der Waals surface area contributed by atoms with Gasteiger partial charge in [0.2, 0.25) is 0 Å². The zero-order valence-electron chi connectivity index (χ0n) is 9.31. The lowest BCUT2D eigenvalue weighted by atomic mass is 10.2. The van der Waals surface area contributed by atoms with E-state index in [1.54, 1.807) is 6.92 Å². The predicted octanol–water partition coefficient (Wildman–Crippen LogP) is 2.70. The van der Waals surface area contributed by atoms with Crippen molar-refractivity contribution in [1.82, 2.24) is 4.72 Å². The van der Waals surface area contributed by atoms with Crippen LogP contribution in [0.3, 0.4) is 0 Å². The summed E-state index contributed by atoms with van der Waals surface area (Å²) in [5.41, 5.74) is 0. The van der Waals surface area contributed by atoms with Crippen molar-refractivity contribution in [2.75, 3.05) is 0 Å². The molecule has 5 nitrogen and oxygen atoms in total. The first-order valence-corrected chi connectivity index (χ1v) is 8.45. The Morgan fingerprint density at radius 2 is 2.28 bits per heavy atom. The molecule has 1 atom stereocenters. The Morgan fingerprint density at radius 1 is 1.67 bits per heavy atom. The van der Waals surface area contributed by atoms with Crippen LogP contribution in [-0.4, -0.2) is 25.5 Å². The number of hydrogen-bond acceptors (Lipinski definition) is 4. The van der Waals surface area contributed by atoms with Crippen LogP contribution in [-0.2, 0) is 14.8 Å². The summed E-state index contributed by atoms with van der Waals surface area (Å²) < 4.78 is 26.5. The van der Waals surface area contributed by atoms with Crippen LogP contribution < -0.4 is 4.72 Å². The van der Waals surface area contributed by atoms with E-state index in [4.69, 9.17) is 16.7 Å². The van der Waals surface area contributed by atoms with Crippen LogP contribution in [0.15, 0.2) is 14.1 Å². The third kappa shape index (κ3) is 3.92. The lowest BCUT2D eigenvalue weighted by molar-refractivity contribution is -0.139. The fraction of sp³-hybridized carbons (Fsp3) is 0.444. The van der Waals surface area contributed by atoms with Crippen molar-refractivity contribution in [3.8, 4) is 0 Å². The molecule has 0 amide bonds. The second-order valence-electron chi connectivity index (χ2n) is 3.49. The van der Waals surface area contributed by atoms with Crippen molar-refractivity contribution >= 4 is 54.9 Å². The Labute approximate surface area is 122 Å². The van der Waals surface area contributed by atoms with Gasteiger partial charge in [0.1, 0.15) is 10.3 Å². The zero-order chi connectivity index (χ0) is 13.9. The van der Waals surface area contributed by atoms with Crippen molar-refractivity contribution in [3.05, 3.63) is 14.9 Å². The maximum atomic E-state index is 11.9. The van der Waals surface area contributed by atoms with Crippen LogP contribution >= 0.6 is 38.9 Å². The van der Waals surface area contributed by atoms with Crippen LogP contribution in [0.1, 0.15) is 19.8 Å². The maximum absolute atomic E-state index is 11.9. The minimum Gasteiger partial charge on any atom is -0.480 e. The second-order valence-corrected chi connectivity index (χ2v) is 8.21. The van der Waals surface area contributed by atoms with Gasteiger partial charge >= 0.3 is 5.97 Å². The molecule has 0 bridgehead atoms. The zero-order valence-corrected chi connectivity index (χ0v) is 13.3. The molecule has 1 aromatic rings. The van der Waals surface area contributed by atoms with Gasteiger partial charge in [0.05, 0.1) is 8.81 Å². The van der Waals surface area contributed by atoms with Crippen LogP contribution in [0.2, 0.25) is 5.02 Å². The number of hydrogen-bond donors (Lipinski definition) is 2. The average Bonchev–Trinajstić information content (AvgIpc) is 2.59. The standard InChI is InChI=1S/C9H11BrClNO4S2/c1-2-3-6(9(13)14)12-18(15,16)7-4-5(11)8(10)17-7/h4,6,12H,2-3H2,1H3,(H,13,14)/t6-/m1/s1. The van der Waals surface area contributed by atoms with Crippen LogP contribution in [0.5, 0.6) is 0 Å². The monoisotopic (exact) mass is 375 g/mol. The van der Waals surface area contributed by atoms with E-state index in [1.807, 2.05) is 0 Å². The Kier molecular flexibility index (Phi) is 5.60. The molecule has 0 saturated carbocycles. The minimum absolute atomic E-state index is 0.0123. The summed E-state index contributed by atoms with van der Waals surface area (Å²) in [4.78, 5) is 10.9. The van der Waals surface area contributed by atoms with Crippen LogP contribution in [0.4, 0.5) is 0 Å². The first kappa shape index (κ1) is 15.9. The highest BCUT2D eigenvalue weighted by atomic mass is 79.9. The second kappa shape index (κ2) is 6.33. The van der Waals surface area contributed by atoms with Crippen molar-refractivity contribution in [3.63, 3.8) is 0 Å². The van der Waals surface area contributed by atoms with E-state index in [1.165, 1.54) is 6.07 Å². The molecule has 0 aliphatic rings. The van der Waals surface area contributed by atoms with Gasteiger partial charge in [-0.2, -0.15) is 4.72 Å². The number of sulfonamides is 1. The molecule has 18 heavy (non-hydrogen) atoms. The van der Waals surface area contributed by atoms with Gasteiger partial charge in [-0.05, 0) is 28.4 Å². The fourth-order valence-electron chi connectivity index (χ4n) is 1.23. The molecule has 1 rings (SSSR count). The summed E-state index contributed by atoms with van der Waals surface area (Å²) in [7, 11) is -3.86. The van der Waals surface area contributed by atoms with Gasteiger partial charge in [0.15, 0.2) is 0 Å². The number of nitrogens with one attached hydrogen (secondary N) is 1. The topological polar surface area (TPSA) is 83.5 Å². The normalized spacial score (nSPS) is 13.5. The summed E-state index contributed by atoms with van der Waals surface area (Å²) in [5.74, 6) is -1.19. The van der Waals surface area contributed by atoms with E-state index in [9.17, 15) is 13.2 Å². The molecular weight excluding hydrogens is 366 g/mol. The van der Waals surface area contributed by atoms with Gasteiger partial charge in [-0.1, -0.05) is 24.9 Å². The van der Waals surface area contributed by atoms with Gasteiger partial charge in [0.25, 0.3) is 10.0 Å². The van der Waals surface area contributed by atoms with E-state index in [2.05, 4.69) is 20.7 Å². The van der Waals surface area contributed by atoms with E-state index < -0.39 is 22.0 Å². The predicted molar refractivity (Wildman–Crippen MR) is 73.7 cm³/mol. The third-order valence-corrected chi connectivity index (χ3v) is 6.48. The summed E-state index contributed by atoms with van der Waals surface area (Å²) >= 11 is 9.80. The van der Waals surface area contributed by atoms with Crippen LogP contribution in [0, 0.1) is 0 Å². The minimum atomic E-state index is -3.86. The molecule has 102 valence electrons. The molecule has 2 N–H and O–H groups in total. The molecule has 0 aliphatic heterocycles. The molecular formula is C9H11BrClNO4S2. The SMILES string of the molecule is CCC[C@@H](NS(=O)(=O)c1cc(Cl)c(Br)s1)C(=O)O. The number of carboxylic acids is 1. The molecule has 0 radical (unpaired) electrons. The van der Waals surface area contributed by atoms with Gasteiger partial charge in [-0.3, -0.25) is 4.79 Å². The van der Waals surface area contributed by atoms with Gasteiger partial charge in [0, 0.05) is 0 Å². The third-order valence-electron chi connectivity index (χ3n) is 2.06. The summed E-state index contributed by atoms with van der Waals surface area (Å²) in [6, 6.07) is 0.156. The average molecular weight is 377 g/mol.